The molecule has 0 bridgehead atoms. The van der Waals surface area contributed by atoms with Crippen molar-refractivity contribution < 1.29 is 9.59 Å². The summed E-state index contributed by atoms with van der Waals surface area (Å²) in [5.41, 5.74) is 2.06. The Kier molecular flexibility index (Phi) is 4.26. The lowest BCUT2D eigenvalue weighted by Gasteiger charge is -2.34. The maximum absolute atomic E-state index is 13.1. The molecule has 1 aliphatic heterocycles. The fourth-order valence-electron chi connectivity index (χ4n) is 3.07. The lowest BCUT2D eigenvalue weighted by atomic mass is 9.90. The van der Waals surface area contributed by atoms with Crippen molar-refractivity contribution in [3.8, 4) is 0 Å². The monoisotopic (exact) mass is 343 g/mol. The number of fused-ring (bicyclic) bond motifs is 1. The van der Waals surface area contributed by atoms with Gasteiger partial charge in [-0.2, -0.15) is 5.10 Å². The average Bonchev–Trinajstić information content (AvgIpc) is 2.94. The van der Waals surface area contributed by atoms with Crippen molar-refractivity contribution in [2.45, 2.75) is 33.1 Å². The molecule has 2 amide bonds. The minimum atomic E-state index is -0.166. The summed E-state index contributed by atoms with van der Waals surface area (Å²) in [4.78, 5) is 32.9. The predicted octanol–water partition coefficient (Wildman–Crippen LogP) is 1.57. The van der Waals surface area contributed by atoms with E-state index >= 15 is 0 Å². The number of carbonyl (C=O) groups excluding carboxylic acids is 2. The van der Waals surface area contributed by atoms with Crippen LogP contribution < -0.4 is 0 Å². The molecule has 0 unspecified atom stereocenters. The topological polar surface area (TPSA) is 71.3 Å². The molecular weight excluding hydrogens is 318 g/mol. The second kappa shape index (κ2) is 6.13. The zero-order chi connectivity index (χ0) is 18.4. The molecule has 0 saturated carbocycles. The third-order valence-corrected chi connectivity index (χ3v) is 4.72. The molecule has 0 radical (unpaired) electrons. The van der Waals surface area contributed by atoms with Crippen LogP contribution in [-0.2, 0) is 17.3 Å². The largest absolute Gasteiger partial charge is 0.339 e. The molecule has 2 aromatic heterocycles. The maximum Gasteiger partial charge on any atom is 0.254 e. The highest BCUT2D eigenvalue weighted by Crippen LogP contribution is 2.27. The summed E-state index contributed by atoms with van der Waals surface area (Å²) < 4.78 is 1.70. The van der Waals surface area contributed by atoms with Gasteiger partial charge in [-0.05, 0) is 6.07 Å². The number of rotatable bonds is 1. The molecular formula is C18H25N5O2. The maximum atomic E-state index is 13.1. The quantitative estimate of drug-likeness (QED) is 0.788. The van der Waals surface area contributed by atoms with Gasteiger partial charge >= 0.3 is 0 Å². The fraction of sp³-hybridized carbons (Fsp3) is 0.556. The highest BCUT2D eigenvalue weighted by atomic mass is 16.2. The summed E-state index contributed by atoms with van der Waals surface area (Å²) in [6.07, 6.45) is 1.70. The first-order valence-electron chi connectivity index (χ1n) is 8.56. The minimum Gasteiger partial charge on any atom is -0.339 e. The van der Waals surface area contributed by atoms with Crippen LogP contribution in [0.4, 0.5) is 0 Å². The molecule has 3 heterocycles. The van der Waals surface area contributed by atoms with Crippen molar-refractivity contribution in [1.82, 2.24) is 24.6 Å². The lowest BCUT2D eigenvalue weighted by Crippen LogP contribution is -2.50. The van der Waals surface area contributed by atoms with Gasteiger partial charge in [-0.15, -0.1) is 0 Å². The minimum absolute atomic E-state index is 0.0193. The normalized spacial score (nSPS) is 15.7. The molecule has 25 heavy (non-hydrogen) atoms. The summed E-state index contributed by atoms with van der Waals surface area (Å²) in [5, 5.41) is 5.05. The van der Waals surface area contributed by atoms with Crippen LogP contribution >= 0.6 is 0 Å². The number of hydrogen-bond acceptors (Lipinski definition) is 4. The van der Waals surface area contributed by atoms with Crippen molar-refractivity contribution in [2.24, 2.45) is 7.05 Å². The summed E-state index contributed by atoms with van der Waals surface area (Å²) in [6.45, 7) is 10.1. The second-order valence-electron chi connectivity index (χ2n) is 7.61. The lowest BCUT2D eigenvalue weighted by molar-refractivity contribution is -0.130. The van der Waals surface area contributed by atoms with Gasteiger partial charge in [0.2, 0.25) is 5.91 Å². The SMILES string of the molecule is CC(=O)N1CCN(C(=O)c2cc(C(C)(C)C)nc3c2cnn3C)CC1. The van der Waals surface area contributed by atoms with Crippen LogP contribution in [0.25, 0.3) is 11.0 Å². The molecule has 0 spiro atoms. The van der Waals surface area contributed by atoms with Crippen LogP contribution in [0.1, 0.15) is 43.7 Å². The molecule has 1 fully saturated rings. The van der Waals surface area contributed by atoms with E-state index in [-0.39, 0.29) is 17.2 Å². The molecule has 1 aliphatic rings. The van der Waals surface area contributed by atoms with Crippen molar-refractivity contribution in [3.05, 3.63) is 23.5 Å². The van der Waals surface area contributed by atoms with Gasteiger partial charge in [-0.25, -0.2) is 4.98 Å². The van der Waals surface area contributed by atoms with Gasteiger partial charge < -0.3 is 9.80 Å². The average molecular weight is 343 g/mol. The summed E-state index contributed by atoms with van der Waals surface area (Å²) >= 11 is 0. The Morgan fingerprint density at radius 3 is 2.24 bits per heavy atom. The number of nitrogens with zero attached hydrogens (tertiary/aromatic N) is 5. The van der Waals surface area contributed by atoms with Gasteiger partial charge in [0.1, 0.15) is 0 Å². The van der Waals surface area contributed by atoms with E-state index in [1.165, 1.54) is 0 Å². The van der Waals surface area contributed by atoms with Crippen molar-refractivity contribution >= 4 is 22.8 Å². The van der Waals surface area contributed by atoms with E-state index in [0.717, 1.165) is 16.7 Å². The standard InChI is InChI=1S/C18H25N5O2/c1-12(24)22-6-8-23(9-7-22)17(25)13-10-15(18(2,3)4)20-16-14(13)11-19-21(16)5/h10-11H,6-9H2,1-5H3. The fourth-order valence-corrected chi connectivity index (χ4v) is 3.07. The van der Waals surface area contributed by atoms with Gasteiger partial charge in [0.15, 0.2) is 5.65 Å². The molecule has 3 rings (SSSR count). The van der Waals surface area contributed by atoms with Crippen LogP contribution in [0.2, 0.25) is 0 Å². The Balaban J connectivity index is 1.97. The Morgan fingerprint density at radius 2 is 1.68 bits per heavy atom. The third kappa shape index (κ3) is 3.23. The van der Waals surface area contributed by atoms with E-state index in [1.54, 1.807) is 22.7 Å². The van der Waals surface area contributed by atoms with Gasteiger partial charge in [-0.1, -0.05) is 20.8 Å². The Hall–Kier alpha value is -2.44. The molecule has 0 aliphatic carbocycles. The number of aryl methyl sites for hydroxylation is 1. The summed E-state index contributed by atoms with van der Waals surface area (Å²) in [5.74, 6) is 0.0368. The van der Waals surface area contributed by atoms with E-state index in [9.17, 15) is 9.59 Å². The van der Waals surface area contributed by atoms with E-state index in [0.29, 0.717) is 31.7 Å². The molecule has 0 atom stereocenters. The van der Waals surface area contributed by atoms with Crippen LogP contribution in [0, 0.1) is 0 Å². The zero-order valence-corrected chi connectivity index (χ0v) is 15.5. The first kappa shape index (κ1) is 17.4. The molecule has 0 N–H and O–H groups in total. The van der Waals surface area contributed by atoms with Crippen molar-refractivity contribution in [3.63, 3.8) is 0 Å². The van der Waals surface area contributed by atoms with Gasteiger partial charge in [0.05, 0.1) is 17.1 Å². The summed E-state index contributed by atoms with van der Waals surface area (Å²) in [7, 11) is 1.83. The summed E-state index contributed by atoms with van der Waals surface area (Å²) in [6, 6.07) is 1.89. The second-order valence-corrected chi connectivity index (χ2v) is 7.61. The number of amides is 2. The smallest absolute Gasteiger partial charge is 0.254 e. The highest BCUT2D eigenvalue weighted by Gasteiger charge is 2.27. The van der Waals surface area contributed by atoms with Crippen molar-refractivity contribution in [1.29, 1.82) is 0 Å². The molecule has 7 nitrogen and oxygen atoms in total. The molecule has 2 aromatic rings. The zero-order valence-electron chi connectivity index (χ0n) is 15.5. The predicted molar refractivity (Wildman–Crippen MR) is 95.4 cm³/mol. The molecule has 134 valence electrons. The molecule has 1 saturated heterocycles. The van der Waals surface area contributed by atoms with Crippen LogP contribution in [-0.4, -0.2) is 62.6 Å². The van der Waals surface area contributed by atoms with Crippen LogP contribution in [0.15, 0.2) is 12.3 Å². The van der Waals surface area contributed by atoms with E-state index in [4.69, 9.17) is 4.98 Å². The van der Waals surface area contributed by atoms with E-state index < -0.39 is 0 Å². The van der Waals surface area contributed by atoms with Crippen LogP contribution in [0.5, 0.6) is 0 Å². The highest BCUT2D eigenvalue weighted by molar-refractivity contribution is 6.05. The van der Waals surface area contributed by atoms with Gasteiger partial charge in [0.25, 0.3) is 5.91 Å². The number of carbonyl (C=O) groups is 2. The van der Waals surface area contributed by atoms with Crippen molar-refractivity contribution in [2.75, 3.05) is 26.2 Å². The molecule has 7 heteroatoms. The van der Waals surface area contributed by atoms with Gasteiger partial charge in [0, 0.05) is 51.3 Å². The number of hydrogen-bond donors (Lipinski definition) is 0. The third-order valence-electron chi connectivity index (χ3n) is 4.72. The van der Waals surface area contributed by atoms with E-state index in [2.05, 4.69) is 25.9 Å². The van der Waals surface area contributed by atoms with Gasteiger partial charge in [-0.3, -0.25) is 14.3 Å². The van der Waals surface area contributed by atoms with E-state index in [1.807, 2.05) is 18.0 Å². The van der Waals surface area contributed by atoms with Crippen LogP contribution in [0.3, 0.4) is 0 Å². The first-order valence-corrected chi connectivity index (χ1v) is 8.56. The number of aromatic nitrogens is 3. The number of piperazine rings is 1. The Labute approximate surface area is 147 Å². The Bertz CT molecular complexity index is 826. The Morgan fingerprint density at radius 1 is 1.08 bits per heavy atom. The number of pyridine rings is 1. The molecule has 0 aromatic carbocycles. The first-order chi connectivity index (χ1) is 11.7.